The first-order chi connectivity index (χ1) is 14.4. The van der Waals surface area contributed by atoms with Crippen molar-refractivity contribution in [3.8, 4) is 0 Å². The monoisotopic (exact) mass is 422 g/mol. The number of aromatic nitrogens is 1. The quantitative estimate of drug-likeness (QED) is 0.330. The van der Waals surface area contributed by atoms with Gasteiger partial charge in [-0.25, -0.2) is 0 Å². The Morgan fingerprint density at radius 3 is 2.67 bits per heavy atom. The van der Waals surface area contributed by atoms with Gasteiger partial charge in [0.25, 0.3) is 11.7 Å². The fourth-order valence-electron chi connectivity index (χ4n) is 4.18. The fraction of sp³-hybridized carbons (Fsp3) is 0.250. The summed E-state index contributed by atoms with van der Waals surface area (Å²) < 4.78 is 0. The van der Waals surface area contributed by atoms with Crippen LogP contribution in [0.2, 0.25) is 5.02 Å². The number of carbonyl (C=O) groups excluding carboxylic acids is 2. The van der Waals surface area contributed by atoms with E-state index in [0.717, 1.165) is 35.0 Å². The second kappa shape index (κ2) is 8.00. The first kappa shape index (κ1) is 20.2. The Morgan fingerprint density at radius 1 is 1.17 bits per heavy atom. The third-order valence-corrected chi connectivity index (χ3v) is 5.84. The molecule has 1 aliphatic rings. The number of halogens is 1. The molecule has 30 heavy (non-hydrogen) atoms. The molecule has 1 atom stereocenters. The molecule has 0 aliphatic carbocycles. The Labute approximate surface area is 180 Å². The summed E-state index contributed by atoms with van der Waals surface area (Å²) in [6, 6.07) is 13.8. The van der Waals surface area contributed by atoms with Crippen molar-refractivity contribution in [1.82, 2.24) is 9.88 Å². The van der Waals surface area contributed by atoms with Crippen molar-refractivity contribution >= 4 is 40.0 Å². The predicted octanol–water partition coefficient (Wildman–Crippen LogP) is 5.35. The highest BCUT2D eigenvalue weighted by Gasteiger charge is 2.47. The highest BCUT2D eigenvalue weighted by Crippen LogP contribution is 2.43. The second-order valence-corrected chi connectivity index (χ2v) is 8.00. The number of aromatic amines is 1. The highest BCUT2D eigenvalue weighted by molar-refractivity contribution is 6.46. The third-order valence-electron chi connectivity index (χ3n) is 5.61. The van der Waals surface area contributed by atoms with Crippen LogP contribution in [0.1, 0.15) is 42.6 Å². The number of H-pyrrole nitrogens is 1. The molecule has 1 amide bonds. The van der Waals surface area contributed by atoms with Crippen LogP contribution in [0, 0.1) is 6.92 Å². The lowest BCUT2D eigenvalue weighted by molar-refractivity contribution is -0.139. The molecule has 0 radical (unpaired) electrons. The van der Waals surface area contributed by atoms with E-state index >= 15 is 0 Å². The fourth-order valence-corrected chi connectivity index (χ4v) is 4.37. The Hall–Kier alpha value is -3.05. The van der Waals surface area contributed by atoms with E-state index < -0.39 is 17.7 Å². The van der Waals surface area contributed by atoms with Crippen LogP contribution in [-0.4, -0.2) is 33.2 Å². The summed E-state index contributed by atoms with van der Waals surface area (Å²) in [7, 11) is 0. The van der Waals surface area contributed by atoms with Gasteiger partial charge in [-0.2, -0.15) is 0 Å². The van der Waals surface area contributed by atoms with Gasteiger partial charge in [0.15, 0.2) is 0 Å². The summed E-state index contributed by atoms with van der Waals surface area (Å²) in [5.41, 5.74) is 3.14. The van der Waals surface area contributed by atoms with Gasteiger partial charge in [0.2, 0.25) is 0 Å². The lowest BCUT2D eigenvalue weighted by Crippen LogP contribution is -2.30. The molecule has 0 bridgehead atoms. The molecule has 1 aromatic heterocycles. The number of para-hydroxylation sites is 1. The molecule has 2 heterocycles. The molecule has 154 valence electrons. The zero-order valence-electron chi connectivity index (χ0n) is 16.9. The number of Topliss-reactive ketones (excluding diaryl/α,β-unsaturated/α-hetero) is 1. The second-order valence-electron chi connectivity index (χ2n) is 7.57. The number of rotatable bonds is 5. The number of carbonyl (C=O) groups is 2. The molecule has 2 N–H and O–H groups in total. The van der Waals surface area contributed by atoms with Gasteiger partial charge in [0.05, 0.1) is 11.6 Å². The number of hydrogen-bond acceptors (Lipinski definition) is 3. The SMILES string of the molecule is CCCCN1C(=O)C(=O)/C(=C(/O)c2cccc(Cl)c2)C1c1c(C)[nH]c2ccccc12. The van der Waals surface area contributed by atoms with Crippen LogP contribution in [0.15, 0.2) is 54.1 Å². The van der Waals surface area contributed by atoms with Crippen molar-refractivity contribution in [2.45, 2.75) is 32.7 Å². The molecule has 1 unspecified atom stereocenters. The van der Waals surface area contributed by atoms with E-state index in [0.29, 0.717) is 17.1 Å². The summed E-state index contributed by atoms with van der Waals surface area (Å²) in [5.74, 6) is -1.45. The van der Waals surface area contributed by atoms with Gasteiger partial charge >= 0.3 is 0 Å². The maximum absolute atomic E-state index is 13.1. The van der Waals surface area contributed by atoms with Crippen molar-refractivity contribution in [1.29, 1.82) is 0 Å². The molecule has 3 aromatic rings. The van der Waals surface area contributed by atoms with E-state index in [4.69, 9.17) is 11.6 Å². The smallest absolute Gasteiger partial charge is 0.295 e. The number of aliphatic hydroxyl groups is 1. The van der Waals surface area contributed by atoms with E-state index in [1.165, 1.54) is 0 Å². The summed E-state index contributed by atoms with van der Waals surface area (Å²) in [4.78, 5) is 31.0. The molecular formula is C24H23ClN2O3. The minimum absolute atomic E-state index is 0.103. The maximum Gasteiger partial charge on any atom is 0.295 e. The molecular weight excluding hydrogens is 400 g/mol. The molecule has 6 heteroatoms. The third kappa shape index (κ3) is 3.29. The van der Waals surface area contributed by atoms with E-state index in [9.17, 15) is 14.7 Å². The Morgan fingerprint density at radius 2 is 1.93 bits per heavy atom. The molecule has 1 fully saturated rings. The normalized spacial score (nSPS) is 18.5. The van der Waals surface area contributed by atoms with Crippen molar-refractivity contribution in [2.24, 2.45) is 0 Å². The maximum atomic E-state index is 13.1. The van der Waals surface area contributed by atoms with Crippen molar-refractivity contribution in [3.05, 3.63) is 75.9 Å². The number of amides is 1. The van der Waals surface area contributed by atoms with Crippen LogP contribution < -0.4 is 0 Å². The first-order valence-corrected chi connectivity index (χ1v) is 10.4. The molecule has 5 nitrogen and oxygen atoms in total. The van der Waals surface area contributed by atoms with E-state index in [1.54, 1.807) is 29.2 Å². The Balaban J connectivity index is 1.98. The number of likely N-dealkylation sites (tertiary alicyclic amines) is 1. The number of hydrogen-bond donors (Lipinski definition) is 2. The topological polar surface area (TPSA) is 73.4 Å². The van der Waals surface area contributed by atoms with Crippen LogP contribution in [-0.2, 0) is 9.59 Å². The molecule has 4 rings (SSSR count). The largest absolute Gasteiger partial charge is 0.507 e. The van der Waals surface area contributed by atoms with Gasteiger partial charge < -0.3 is 15.0 Å². The summed E-state index contributed by atoms with van der Waals surface area (Å²) in [5, 5.41) is 12.5. The molecule has 0 spiro atoms. The van der Waals surface area contributed by atoms with Gasteiger partial charge in [0.1, 0.15) is 5.76 Å². The van der Waals surface area contributed by atoms with Crippen LogP contribution in [0.4, 0.5) is 0 Å². The zero-order valence-corrected chi connectivity index (χ0v) is 17.7. The molecule has 0 saturated carbocycles. The number of ketones is 1. The average molecular weight is 423 g/mol. The van der Waals surface area contributed by atoms with Gasteiger partial charge in [0, 0.05) is 39.3 Å². The molecule has 1 aliphatic heterocycles. The Bertz CT molecular complexity index is 1180. The lowest BCUT2D eigenvalue weighted by Gasteiger charge is -2.25. The van der Waals surface area contributed by atoms with Crippen molar-refractivity contribution in [2.75, 3.05) is 6.54 Å². The number of aliphatic hydroxyl groups excluding tert-OH is 1. The number of nitrogens with one attached hydrogen (secondary N) is 1. The zero-order chi connectivity index (χ0) is 21.4. The standard InChI is InChI=1S/C24H23ClN2O3/c1-3-4-12-27-21(19-14(2)26-18-11-6-5-10-17(18)19)20(23(29)24(27)30)22(28)15-8-7-9-16(25)13-15/h5-11,13,21,26,28H,3-4,12H2,1-2H3/b22-20+. The van der Waals surface area contributed by atoms with Crippen LogP contribution in [0.25, 0.3) is 16.7 Å². The highest BCUT2D eigenvalue weighted by atomic mass is 35.5. The van der Waals surface area contributed by atoms with E-state index in [2.05, 4.69) is 4.98 Å². The number of aryl methyl sites for hydroxylation is 1. The van der Waals surface area contributed by atoms with Crippen LogP contribution >= 0.6 is 11.6 Å². The number of fused-ring (bicyclic) bond motifs is 1. The number of nitrogens with zero attached hydrogens (tertiary/aromatic N) is 1. The summed E-state index contributed by atoms with van der Waals surface area (Å²) >= 11 is 6.10. The minimum atomic E-state index is -0.668. The van der Waals surface area contributed by atoms with Crippen molar-refractivity contribution in [3.63, 3.8) is 0 Å². The van der Waals surface area contributed by atoms with Gasteiger partial charge in [-0.05, 0) is 31.5 Å². The minimum Gasteiger partial charge on any atom is -0.507 e. The van der Waals surface area contributed by atoms with E-state index in [-0.39, 0.29) is 11.3 Å². The van der Waals surface area contributed by atoms with E-state index in [1.807, 2.05) is 38.1 Å². The average Bonchev–Trinajstić information content (AvgIpc) is 3.19. The first-order valence-electron chi connectivity index (χ1n) is 10.1. The number of unbranched alkanes of at least 4 members (excludes halogenated alkanes) is 1. The van der Waals surface area contributed by atoms with Crippen LogP contribution in [0.3, 0.4) is 0 Å². The van der Waals surface area contributed by atoms with Crippen LogP contribution in [0.5, 0.6) is 0 Å². The molecule has 1 saturated heterocycles. The number of benzene rings is 2. The summed E-state index contributed by atoms with van der Waals surface area (Å²) in [6.45, 7) is 4.40. The molecule has 2 aromatic carbocycles. The summed E-state index contributed by atoms with van der Waals surface area (Å²) in [6.07, 6.45) is 1.65. The van der Waals surface area contributed by atoms with Crippen molar-refractivity contribution < 1.29 is 14.7 Å². The lowest BCUT2D eigenvalue weighted by atomic mass is 9.93. The predicted molar refractivity (Wildman–Crippen MR) is 118 cm³/mol. The van der Waals surface area contributed by atoms with Gasteiger partial charge in [-0.15, -0.1) is 0 Å². The van der Waals surface area contributed by atoms with Gasteiger partial charge in [-0.1, -0.05) is 55.3 Å². The Kier molecular flexibility index (Phi) is 5.39. The van der Waals surface area contributed by atoms with Gasteiger partial charge in [-0.3, -0.25) is 9.59 Å².